The molecule has 2 aromatic rings. The number of nitrogens with zero attached hydrogens (tertiary/aromatic N) is 1. The fourth-order valence-corrected chi connectivity index (χ4v) is 5.59. The number of aromatic nitrogens is 1. The summed E-state index contributed by atoms with van der Waals surface area (Å²) in [7, 11) is 0. The Morgan fingerprint density at radius 3 is 1.56 bits per heavy atom. The van der Waals surface area contributed by atoms with E-state index in [1.54, 1.807) is 11.3 Å². The Morgan fingerprint density at radius 2 is 1.19 bits per heavy atom. The Labute approximate surface area is 170 Å². The van der Waals surface area contributed by atoms with Crippen LogP contribution < -0.4 is 5.56 Å². The van der Waals surface area contributed by atoms with Gasteiger partial charge in [0.15, 0.2) is 0 Å². The molecule has 0 aliphatic carbocycles. The first kappa shape index (κ1) is 22.2. The Balaban J connectivity index is 3.10. The summed E-state index contributed by atoms with van der Waals surface area (Å²) in [5.41, 5.74) is 3.59. The van der Waals surface area contributed by atoms with Gasteiger partial charge < -0.3 is 0 Å². The maximum Gasteiger partial charge on any atom is 0.259 e. The standard InChI is InChI=1S/C24H39NOS/c1-21(2,3)13-15-14-25-19(26)17(23(7,8)9)16(22(4,5)6)18(20(25)27-15)24(10,11)12/h14H,13H2,1-12H3. The van der Waals surface area contributed by atoms with Crippen LogP contribution in [0.2, 0.25) is 0 Å². The Bertz CT molecular complexity index is 900. The van der Waals surface area contributed by atoms with Gasteiger partial charge >= 0.3 is 0 Å². The molecular formula is C24H39NOS. The van der Waals surface area contributed by atoms with Crippen molar-refractivity contribution in [2.45, 2.75) is 106 Å². The number of pyridine rings is 1. The molecule has 0 bridgehead atoms. The molecule has 0 atom stereocenters. The number of rotatable bonds is 1. The fourth-order valence-electron chi connectivity index (χ4n) is 3.93. The maximum absolute atomic E-state index is 13.7. The predicted molar refractivity (Wildman–Crippen MR) is 121 cm³/mol. The molecule has 27 heavy (non-hydrogen) atoms. The lowest BCUT2D eigenvalue weighted by molar-refractivity contribution is 0.414. The molecule has 3 heteroatoms. The molecule has 0 aliphatic heterocycles. The summed E-state index contributed by atoms with van der Waals surface area (Å²) in [5.74, 6) is 0. The smallest absolute Gasteiger partial charge is 0.259 e. The van der Waals surface area contributed by atoms with Crippen molar-refractivity contribution in [3.63, 3.8) is 0 Å². The quantitative estimate of drug-likeness (QED) is 0.523. The molecule has 0 radical (unpaired) electrons. The molecule has 0 unspecified atom stereocenters. The normalized spacial score (nSPS) is 14.2. The van der Waals surface area contributed by atoms with Crippen LogP contribution in [-0.4, -0.2) is 4.40 Å². The third-order valence-corrected chi connectivity index (χ3v) is 5.93. The first-order valence-corrected chi connectivity index (χ1v) is 10.9. The van der Waals surface area contributed by atoms with Gasteiger partial charge in [-0.2, -0.15) is 0 Å². The molecular weight excluding hydrogens is 350 g/mol. The minimum absolute atomic E-state index is 0.0363. The van der Waals surface area contributed by atoms with Crippen LogP contribution in [0.1, 0.15) is 105 Å². The van der Waals surface area contributed by atoms with Crippen molar-refractivity contribution in [1.82, 2.24) is 4.40 Å². The van der Waals surface area contributed by atoms with E-state index in [2.05, 4.69) is 89.3 Å². The predicted octanol–water partition coefficient (Wildman–Crippen LogP) is 6.84. The third-order valence-electron chi connectivity index (χ3n) is 4.82. The van der Waals surface area contributed by atoms with Crippen LogP contribution in [0.25, 0.3) is 4.83 Å². The lowest BCUT2D eigenvalue weighted by Crippen LogP contribution is -2.36. The monoisotopic (exact) mass is 389 g/mol. The van der Waals surface area contributed by atoms with Crippen LogP contribution in [0.3, 0.4) is 0 Å². The topological polar surface area (TPSA) is 21.5 Å². The van der Waals surface area contributed by atoms with Gasteiger partial charge in [0.25, 0.3) is 5.56 Å². The Morgan fingerprint density at radius 1 is 0.741 bits per heavy atom. The summed E-state index contributed by atoms with van der Waals surface area (Å²) in [4.78, 5) is 16.1. The summed E-state index contributed by atoms with van der Waals surface area (Å²) in [6, 6.07) is 0. The van der Waals surface area contributed by atoms with Crippen LogP contribution in [-0.2, 0) is 22.7 Å². The number of hydrogen-bond acceptors (Lipinski definition) is 2. The van der Waals surface area contributed by atoms with Crippen molar-refractivity contribution >= 4 is 16.2 Å². The first-order chi connectivity index (χ1) is 11.8. The van der Waals surface area contributed by atoms with Gasteiger partial charge in [-0.25, -0.2) is 0 Å². The van der Waals surface area contributed by atoms with Gasteiger partial charge in [0, 0.05) is 16.6 Å². The lowest BCUT2D eigenvalue weighted by atomic mass is 9.69. The van der Waals surface area contributed by atoms with E-state index >= 15 is 0 Å². The van der Waals surface area contributed by atoms with Gasteiger partial charge in [-0.3, -0.25) is 9.20 Å². The van der Waals surface area contributed by atoms with E-state index in [0.29, 0.717) is 0 Å². The highest BCUT2D eigenvalue weighted by molar-refractivity contribution is 7.17. The second-order valence-corrected chi connectivity index (χ2v) is 13.4. The number of thiazole rings is 1. The highest BCUT2D eigenvalue weighted by atomic mass is 32.1. The van der Waals surface area contributed by atoms with Gasteiger partial charge in [0.05, 0.1) is 0 Å². The highest BCUT2D eigenvalue weighted by Crippen LogP contribution is 2.43. The molecule has 0 aliphatic rings. The molecule has 0 spiro atoms. The van der Waals surface area contributed by atoms with Gasteiger partial charge in [0.2, 0.25) is 0 Å². The van der Waals surface area contributed by atoms with Crippen LogP contribution in [0.15, 0.2) is 11.0 Å². The second kappa shape index (κ2) is 6.47. The Kier molecular flexibility index (Phi) is 5.32. The van der Waals surface area contributed by atoms with E-state index in [1.807, 2.05) is 4.40 Å². The van der Waals surface area contributed by atoms with Crippen LogP contribution in [0.4, 0.5) is 0 Å². The van der Waals surface area contributed by atoms with Crippen LogP contribution in [0.5, 0.6) is 0 Å². The highest BCUT2D eigenvalue weighted by Gasteiger charge is 2.36. The summed E-state index contributed by atoms with van der Waals surface area (Å²) in [5, 5.41) is 0. The van der Waals surface area contributed by atoms with Crippen molar-refractivity contribution in [2.24, 2.45) is 5.41 Å². The van der Waals surface area contributed by atoms with Gasteiger partial charge in [-0.1, -0.05) is 83.1 Å². The Hall–Kier alpha value is -1.09. The summed E-state index contributed by atoms with van der Waals surface area (Å²) >= 11 is 1.80. The van der Waals surface area contributed by atoms with Crippen molar-refractivity contribution in [1.29, 1.82) is 0 Å². The van der Waals surface area contributed by atoms with Crippen molar-refractivity contribution < 1.29 is 0 Å². The molecule has 2 nitrogen and oxygen atoms in total. The van der Waals surface area contributed by atoms with E-state index in [9.17, 15) is 4.79 Å². The lowest BCUT2D eigenvalue weighted by Gasteiger charge is -2.36. The van der Waals surface area contributed by atoms with E-state index in [0.717, 1.165) is 16.8 Å². The molecule has 2 rings (SSSR count). The summed E-state index contributed by atoms with van der Waals surface area (Å²) < 4.78 is 1.95. The van der Waals surface area contributed by atoms with Crippen LogP contribution >= 0.6 is 11.3 Å². The first-order valence-electron chi connectivity index (χ1n) is 10.1. The van der Waals surface area contributed by atoms with Crippen molar-refractivity contribution in [2.75, 3.05) is 0 Å². The third kappa shape index (κ3) is 4.50. The zero-order valence-corrected chi connectivity index (χ0v) is 20.4. The summed E-state index contributed by atoms with van der Waals surface area (Å²) in [6.45, 7) is 26.8. The minimum Gasteiger partial charge on any atom is -0.274 e. The molecule has 0 saturated carbocycles. The van der Waals surface area contributed by atoms with Crippen molar-refractivity contribution in [3.05, 3.63) is 38.1 Å². The van der Waals surface area contributed by atoms with E-state index in [4.69, 9.17) is 0 Å². The molecule has 2 aromatic heterocycles. The maximum atomic E-state index is 13.7. The molecule has 152 valence electrons. The van der Waals surface area contributed by atoms with E-state index in [1.165, 1.54) is 16.0 Å². The molecule has 0 aromatic carbocycles. The molecule has 0 amide bonds. The van der Waals surface area contributed by atoms with Crippen LogP contribution in [0, 0.1) is 5.41 Å². The largest absolute Gasteiger partial charge is 0.274 e. The zero-order chi connectivity index (χ0) is 21.2. The average Bonchev–Trinajstić information content (AvgIpc) is 2.74. The molecule has 2 heterocycles. The SMILES string of the molecule is CC(C)(C)Cc1cn2c(=O)c(C(C)(C)C)c(C(C)(C)C)c(C(C)(C)C)c2s1. The number of fused-ring (bicyclic) bond motifs is 1. The summed E-state index contributed by atoms with van der Waals surface area (Å²) in [6.07, 6.45) is 3.09. The average molecular weight is 390 g/mol. The second-order valence-electron chi connectivity index (χ2n) is 12.3. The molecule has 0 fully saturated rings. The zero-order valence-electron chi connectivity index (χ0n) is 19.5. The fraction of sp³-hybridized carbons (Fsp3) is 0.708. The minimum atomic E-state index is -0.201. The van der Waals surface area contributed by atoms with Gasteiger partial charge in [-0.05, 0) is 39.2 Å². The van der Waals surface area contributed by atoms with Gasteiger partial charge in [0.1, 0.15) is 4.83 Å². The van der Waals surface area contributed by atoms with Gasteiger partial charge in [-0.15, -0.1) is 11.3 Å². The van der Waals surface area contributed by atoms with E-state index in [-0.39, 0.29) is 27.2 Å². The molecule has 0 saturated heterocycles. The van der Waals surface area contributed by atoms with E-state index < -0.39 is 0 Å². The molecule has 0 N–H and O–H groups in total. The van der Waals surface area contributed by atoms with Crippen molar-refractivity contribution in [3.8, 4) is 0 Å². The number of hydrogen-bond donors (Lipinski definition) is 0.